The van der Waals surface area contributed by atoms with E-state index >= 15 is 0 Å². The molecule has 3 fully saturated rings. The molecule has 2 N–H and O–H groups in total. The molecule has 0 spiro atoms. The predicted octanol–water partition coefficient (Wildman–Crippen LogP) is 2.76. The summed E-state index contributed by atoms with van der Waals surface area (Å²) in [7, 11) is 5.05. The number of likely N-dealkylation sites (N-methyl/N-ethyl adjacent to an activating group) is 1. The summed E-state index contributed by atoms with van der Waals surface area (Å²) in [6.45, 7) is 7.96. The lowest BCUT2D eigenvalue weighted by Crippen LogP contribution is -2.35. The number of rotatable bonds is 8. The Bertz CT molecular complexity index is 1240. The molecule has 3 heterocycles. The number of hydrogen-bond acceptors (Lipinski definition) is 10. The van der Waals surface area contributed by atoms with Crippen LogP contribution in [0.2, 0.25) is 0 Å². The van der Waals surface area contributed by atoms with Crippen molar-refractivity contribution >= 4 is 17.9 Å². The molecule has 10 heteroatoms. The Kier molecular flexibility index (Phi) is 9.81. The topological polar surface area (TPSA) is 104 Å². The zero-order valence-corrected chi connectivity index (χ0v) is 24.7. The van der Waals surface area contributed by atoms with Gasteiger partial charge in [-0.3, -0.25) is 19.5 Å². The SMILES string of the molecule is COc1cc(/C=C2\CN(C)C/C(=C\c3cc(CN4CCOCC4)c(O)c(OC)c3)C2=O)cc(CN2CCOCC2)c1O. The number of ketones is 1. The van der Waals surface area contributed by atoms with E-state index in [0.717, 1.165) is 48.4 Å². The van der Waals surface area contributed by atoms with E-state index in [9.17, 15) is 15.0 Å². The van der Waals surface area contributed by atoms with E-state index in [1.807, 2.05) is 31.3 Å². The van der Waals surface area contributed by atoms with Gasteiger partial charge in [-0.1, -0.05) is 0 Å². The minimum atomic E-state index is -0.0309. The van der Waals surface area contributed by atoms with Crippen molar-refractivity contribution in [2.24, 2.45) is 0 Å². The number of likely N-dealkylation sites (tertiary alicyclic amines) is 1. The maximum Gasteiger partial charge on any atom is 0.187 e. The highest BCUT2D eigenvalue weighted by Crippen LogP contribution is 2.35. The van der Waals surface area contributed by atoms with Crippen LogP contribution >= 0.6 is 0 Å². The van der Waals surface area contributed by atoms with Gasteiger partial charge in [-0.2, -0.15) is 0 Å². The highest BCUT2D eigenvalue weighted by molar-refractivity contribution is 6.14. The number of benzene rings is 2. The molecule has 0 unspecified atom stereocenters. The van der Waals surface area contributed by atoms with Gasteiger partial charge in [-0.05, 0) is 54.6 Å². The lowest BCUT2D eigenvalue weighted by atomic mass is 9.93. The van der Waals surface area contributed by atoms with Crippen molar-refractivity contribution < 1.29 is 34.0 Å². The van der Waals surface area contributed by atoms with Crippen molar-refractivity contribution in [3.8, 4) is 23.0 Å². The van der Waals surface area contributed by atoms with Crippen molar-refractivity contribution in [1.29, 1.82) is 0 Å². The number of nitrogens with zero attached hydrogens (tertiary/aromatic N) is 3. The second-order valence-electron chi connectivity index (χ2n) is 11.1. The van der Waals surface area contributed by atoms with Crippen LogP contribution in [0.3, 0.4) is 0 Å². The van der Waals surface area contributed by atoms with Crippen LogP contribution in [0.25, 0.3) is 12.2 Å². The fourth-order valence-corrected chi connectivity index (χ4v) is 5.71. The highest BCUT2D eigenvalue weighted by atomic mass is 16.5. The fourth-order valence-electron chi connectivity index (χ4n) is 5.71. The summed E-state index contributed by atoms with van der Waals surface area (Å²) in [5.74, 6) is 0.963. The van der Waals surface area contributed by atoms with E-state index in [4.69, 9.17) is 18.9 Å². The number of hydrogen-bond donors (Lipinski definition) is 2. The summed E-state index contributed by atoms with van der Waals surface area (Å²) in [5, 5.41) is 21.6. The molecule has 5 rings (SSSR count). The number of methoxy groups -OCH3 is 2. The zero-order chi connectivity index (χ0) is 29.6. The fraction of sp³-hybridized carbons (Fsp3) is 0.469. The molecule has 0 aliphatic carbocycles. The van der Waals surface area contributed by atoms with Gasteiger partial charge in [0.05, 0.1) is 40.6 Å². The second kappa shape index (κ2) is 13.7. The van der Waals surface area contributed by atoms with E-state index in [1.165, 1.54) is 14.2 Å². The summed E-state index contributed by atoms with van der Waals surface area (Å²) in [6, 6.07) is 7.38. The van der Waals surface area contributed by atoms with Crippen LogP contribution in [0.5, 0.6) is 23.0 Å². The monoisotopic (exact) mass is 579 g/mol. The van der Waals surface area contributed by atoms with Crippen molar-refractivity contribution in [2.75, 3.05) is 87.0 Å². The normalized spacial score (nSPS) is 21.3. The number of piperidine rings is 1. The summed E-state index contributed by atoms with van der Waals surface area (Å²) >= 11 is 0. The molecule has 3 saturated heterocycles. The molecule has 10 nitrogen and oxygen atoms in total. The van der Waals surface area contributed by atoms with Gasteiger partial charge in [0.1, 0.15) is 0 Å². The van der Waals surface area contributed by atoms with Crippen LogP contribution in [-0.4, -0.2) is 118 Å². The van der Waals surface area contributed by atoms with Gasteiger partial charge >= 0.3 is 0 Å². The molecule has 3 aliphatic rings. The molecule has 0 aromatic heterocycles. The first-order valence-electron chi connectivity index (χ1n) is 14.4. The smallest absolute Gasteiger partial charge is 0.187 e. The van der Waals surface area contributed by atoms with Crippen molar-refractivity contribution in [3.05, 3.63) is 57.7 Å². The average molecular weight is 580 g/mol. The molecule has 3 aliphatic heterocycles. The van der Waals surface area contributed by atoms with Gasteiger partial charge < -0.3 is 29.2 Å². The maximum absolute atomic E-state index is 13.8. The van der Waals surface area contributed by atoms with Crippen molar-refractivity contribution in [1.82, 2.24) is 14.7 Å². The summed E-state index contributed by atoms with van der Waals surface area (Å²) in [4.78, 5) is 20.3. The van der Waals surface area contributed by atoms with Gasteiger partial charge in [0.15, 0.2) is 28.8 Å². The first-order valence-corrected chi connectivity index (χ1v) is 14.4. The van der Waals surface area contributed by atoms with E-state index < -0.39 is 0 Å². The molecular formula is C32H41N3O7. The number of carbonyl (C=O) groups excluding carboxylic acids is 1. The Labute approximate surface area is 247 Å². The lowest BCUT2D eigenvalue weighted by Gasteiger charge is -2.28. The zero-order valence-electron chi connectivity index (χ0n) is 24.7. The average Bonchev–Trinajstić information content (AvgIpc) is 2.99. The molecule has 0 atom stereocenters. The quantitative estimate of drug-likeness (QED) is 0.454. The van der Waals surface area contributed by atoms with Gasteiger partial charge in [0.2, 0.25) is 0 Å². The van der Waals surface area contributed by atoms with E-state index in [1.54, 1.807) is 12.1 Å². The minimum Gasteiger partial charge on any atom is -0.504 e. The first-order chi connectivity index (χ1) is 20.3. The standard InChI is InChI=1S/C32H41N3O7/c1-33-18-24(12-22-14-26(31(37)28(16-22)39-2)20-34-4-8-41-9-5-34)30(36)25(19-33)13-23-15-27(32(38)29(17-23)40-3)21-35-6-10-42-11-7-35/h12-17,37-38H,4-11,18-21H2,1-3H3/b24-12+,25-13+. The Morgan fingerprint density at radius 2 is 1.14 bits per heavy atom. The number of phenolic OH excluding ortho intramolecular Hbond substituents is 2. The molecular weight excluding hydrogens is 538 g/mol. The van der Waals surface area contributed by atoms with Gasteiger partial charge in [-0.25, -0.2) is 0 Å². The maximum atomic E-state index is 13.8. The third-order valence-corrected chi connectivity index (χ3v) is 7.93. The van der Waals surface area contributed by atoms with Gasteiger partial charge in [0, 0.05) is 74.6 Å². The third kappa shape index (κ3) is 7.14. The Balaban J connectivity index is 1.43. The number of phenols is 2. The highest BCUT2D eigenvalue weighted by Gasteiger charge is 2.25. The van der Waals surface area contributed by atoms with Crippen LogP contribution in [0.15, 0.2) is 35.4 Å². The summed E-state index contributed by atoms with van der Waals surface area (Å²) in [6.07, 6.45) is 3.77. The van der Waals surface area contributed by atoms with Crippen LogP contribution in [0.1, 0.15) is 22.3 Å². The first kappa shape index (κ1) is 30.1. The van der Waals surface area contributed by atoms with E-state index in [0.29, 0.717) is 75.3 Å². The molecule has 2 aromatic rings. The molecule has 0 saturated carbocycles. The Morgan fingerprint density at radius 1 is 0.738 bits per heavy atom. The number of carbonyl (C=O) groups is 1. The Hall–Kier alpha value is -3.41. The lowest BCUT2D eigenvalue weighted by molar-refractivity contribution is -0.113. The predicted molar refractivity (Wildman–Crippen MR) is 160 cm³/mol. The van der Waals surface area contributed by atoms with Crippen LogP contribution < -0.4 is 9.47 Å². The van der Waals surface area contributed by atoms with E-state index in [-0.39, 0.29) is 17.3 Å². The molecule has 2 aromatic carbocycles. The molecule has 226 valence electrons. The number of Topliss-reactive ketones (excluding diaryl/α,β-unsaturated/α-hetero) is 1. The second-order valence-corrected chi connectivity index (χ2v) is 11.1. The van der Waals surface area contributed by atoms with E-state index in [2.05, 4.69) is 14.7 Å². The summed E-state index contributed by atoms with van der Waals surface area (Å²) < 4.78 is 21.9. The molecule has 0 radical (unpaired) electrons. The van der Waals surface area contributed by atoms with Crippen LogP contribution in [0.4, 0.5) is 0 Å². The van der Waals surface area contributed by atoms with Crippen LogP contribution in [-0.2, 0) is 27.4 Å². The van der Waals surface area contributed by atoms with Crippen LogP contribution in [0, 0.1) is 0 Å². The van der Waals surface area contributed by atoms with Crippen molar-refractivity contribution in [3.63, 3.8) is 0 Å². The molecule has 0 bridgehead atoms. The van der Waals surface area contributed by atoms with Crippen molar-refractivity contribution in [2.45, 2.75) is 13.1 Å². The largest absolute Gasteiger partial charge is 0.504 e. The van der Waals surface area contributed by atoms with Gasteiger partial charge in [-0.15, -0.1) is 0 Å². The number of morpholine rings is 2. The molecule has 42 heavy (non-hydrogen) atoms. The summed E-state index contributed by atoms with van der Waals surface area (Å²) in [5.41, 5.74) is 4.40. The number of ether oxygens (including phenoxy) is 4. The van der Waals surface area contributed by atoms with Gasteiger partial charge in [0.25, 0.3) is 0 Å². The Morgan fingerprint density at radius 3 is 1.52 bits per heavy atom. The number of aromatic hydroxyl groups is 2. The third-order valence-electron chi connectivity index (χ3n) is 7.93. The minimum absolute atomic E-state index is 0.0309. The molecule has 0 amide bonds.